The summed E-state index contributed by atoms with van der Waals surface area (Å²) in [7, 11) is 0. The molecule has 0 spiro atoms. The van der Waals surface area contributed by atoms with E-state index >= 15 is 0 Å². The van der Waals surface area contributed by atoms with Crippen LogP contribution in [0.5, 0.6) is 0 Å². The Morgan fingerprint density at radius 2 is 0.887 bits per heavy atom. The van der Waals surface area contributed by atoms with Crippen molar-refractivity contribution >= 4 is 5.78 Å². The Morgan fingerprint density at radius 3 is 1.51 bits per heavy atom. The number of nitriles is 1. The highest BCUT2D eigenvalue weighted by Gasteiger charge is 2.46. The van der Waals surface area contributed by atoms with Crippen LogP contribution in [0.25, 0.3) is 45.0 Å². The fraction of sp³-hybridized carbons (Fsp3) is 0.0204. The van der Waals surface area contributed by atoms with E-state index in [1.165, 1.54) is 0 Å². The van der Waals surface area contributed by atoms with E-state index in [1.807, 2.05) is 115 Å². The second-order valence-corrected chi connectivity index (χ2v) is 13.2. The van der Waals surface area contributed by atoms with Crippen LogP contribution in [0.15, 0.2) is 188 Å². The van der Waals surface area contributed by atoms with E-state index in [0.717, 1.165) is 50.1 Å². The molecule has 1 aliphatic carbocycles. The number of hydrogen-bond donors (Lipinski definition) is 0. The van der Waals surface area contributed by atoms with Crippen LogP contribution in [0.2, 0.25) is 0 Å². The number of ketones is 1. The fourth-order valence-corrected chi connectivity index (χ4v) is 7.86. The van der Waals surface area contributed by atoms with Crippen LogP contribution in [0, 0.1) is 11.3 Å². The molecule has 1 aliphatic rings. The molecule has 0 radical (unpaired) electrons. The van der Waals surface area contributed by atoms with Gasteiger partial charge >= 0.3 is 0 Å². The number of aromatic nitrogens is 2. The third kappa shape index (κ3) is 5.26. The van der Waals surface area contributed by atoms with Crippen molar-refractivity contribution in [3.05, 3.63) is 227 Å². The van der Waals surface area contributed by atoms with Crippen LogP contribution in [0.1, 0.15) is 43.7 Å². The van der Waals surface area contributed by atoms with Crippen LogP contribution >= 0.6 is 0 Å². The van der Waals surface area contributed by atoms with Gasteiger partial charge in [0.2, 0.25) is 0 Å². The highest BCUT2D eigenvalue weighted by Crippen LogP contribution is 2.51. The first-order valence-corrected chi connectivity index (χ1v) is 17.6. The van der Waals surface area contributed by atoms with Crippen molar-refractivity contribution in [1.82, 2.24) is 9.97 Å². The Hall–Kier alpha value is -7.22. The molecule has 248 valence electrons. The number of rotatable bonds is 6. The molecule has 9 rings (SSSR count). The summed E-state index contributed by atoms with van der Waals surface area (Å²) in [5.41, 5.74) is 10.8. The molecule has 1 heterocycles. The maximum absolute atomic E-state index is 14.0. The van der Waals surface area contributed by atoms with Crippen molar-refractivity contribution in [2.45, 2.75) is 5.41 Å². The summed E-state index contributed by atoms with van der Waals surface area (Å²) < 4.78 is 0. The summed E-state index contributed by atoms with van der Waals surface area (Å²) in [6.07, 6.45) is 0. The molecule has 0 saturated heterocycles. The third-order valence-electron chi connectivity index (χ3n) is 10.2. The topological polar surface area (TPSA) is 66.6 Å². The number of fused-ring (bicyclic) bond motifs is 2. The Bertz CT molecular complexity index is 2650. The van der Waals surface area contributed by atoms with Crippen LogP contribution in [-0.4, -0.2) is 15.8 Å². The van der Waals surface area contributed by atoms with E-state index < -0.39 is 5.41 Å². The molecule has 0 saturated carbocycles. The van der Waals surface area contributed by atoms with Gasteiger partial charge in [-0.2, -0.15) is 5.26 Å². The normalized spacial score (nSPS) is 12.7. The van der Waals surface area contributed by atoms with Crippen molar-refractivity contribution in [2.75, 3.05) is 0 Å². The summed E-state index contributed by atoms with van der Waals surface area (Å²) in [5, 5.41) is 10.6. The monoisotopic (exact) mass is 677 g/mol. The SMILES string of the molecule is N#Cc1c(-c2ccccc2)nc(-c2ccccc2)nc1-c1cccc(-c2cccc(C3(c4ccccc4)c4ccccc4C(=O)c4ccccc43)c2)c1. The van der Waals surface area contributed by atoms with E-state index in [0.29, 0.717) is 33.9 Å². The highest BCUT2D eigenvalue weighted by molar-refractivity contribution is 6.14. The Morgan fingerprint density at radius 1 is 0.434 bits per heavy atom. The molecule has 4 heteroatoms. The molecule has 7 aromatic carbocycles. The van der Waals surface area contributed by atoms with Gasteiger partial charge in [-0.3, -0.25) is 4.79 Å². The van der Waals surface area contributed by atoms with Crippen molar-refractivity contribution < 1.29 is 4.79 Å². The van der Waals surface area contributed by atoms with Crippen molar-refractivity contribution in [3.63, 3.8) is 0 Å². The lowest BCUT2D eigenvalue weighted by atomic mass is 9.59. The molecule has 8 aromatic rings. The maximum atomic E-state index is 14.0. The van der Waals surface area contributed by atoms with Gasteiger partial charge in [0.1, 0.15) is 11.6 Å². The van der Waals surface area contributed by atoms with Crippen molar-refractivity contribution in [2.24, 2.45) is 0 Å². The fourth-order valence-electron chi connectivity index (χ4n) is 7.86. The zero-order valence-corrected chi connectivity index (χ0v) is 28.6. The summed E-state index contributed by atoms with van der Waals surface area (Å²) in [5.74, 6) is 0.592. The van der Waals surface area contributed by atoms with Crippen LogP contribution in [0.3, 0.4) is 0 Å². The van der Waals surface area contributed by atoms with Crippen molar-refractivity contribution in [1.29, 1.82) is 5.26 Å². The van der Waals surface area contributed by atoms with Gasteiger partial charge in [0.15, 0.2) is 11.6 Å². The predicted octanol–water partition coefficient (Wildman–Crippen LogP) is 10.9. The number of carbonyl (C=O) groups excluding carboxylic acids is 1. The number of benzene rings is 7. The summed E-state index contributed by atoms with van der Waals surface area (Å²) in [4.78, 5) is 23.9. The van der Waals surface area contributed by atoms with E-state index in [-0.39, 0.29) is 5.78 Å². The molecular formula is C49H31N3O. The van der Waals surface area contributed by atoms with Gasteiger partial charge in [-0.15, -0.1) is 0 Å². The van der Waals surface area contributed by atoms with E-state index in [1.54, 1.807) is 0 Å². The molecule has 4 nitrogen and oxygen atoms in total. The van der Waals surface area contributed by atoms with Gasteiger partial charge in [0, 0.05) is 27.8 Å². The maximum Gasteiger partial charge on any atom is 0.193 e. The van der Waals surface area contributed by atoms with Crippen molar-refractivity contribution in [3.8, 4) is 51.1 Å². The lowest BCUT2D eigenvalue weighted by Gasteiger charge is -2.41. The summed E-state index contributed by atoms with van der Waals surface area (Å²) in [6, 6.07) is 65.4. The van der Waals surface area contributed by atoms with Gasteiger partial charge in [-0.05, 0) is 45.5 Å². The Labute approximate surface area is 308 Å². The molecule has 0 unspecified atom stereocenters. The second kappa shape index (κ2) is 13.2. The Balaban J connectivity index is 1.25. The average Bonchev–Trinajstić information content (AvgIpc) is 3.24. The standard InChI is InChI=1S/C49H31N3O/c50-32-42-45(33-16-4-1-5-17-33)51-48(34-18-6-2-7-19-34)52-46(42)37-22-14-20-35(30-37)36-21-15-25-39(31-36)49(38-23-8-3-9-24-38)43-28-12-10-26-40(43)47(53)41-27-11-13-29-44(41)49/h1-31H. The zero-order valence-electron chi connectivity index (χ0n) is 28.6. The quantitative estimate of drug-likeness (QED) is 0.176. The smallest absolute Gasteiger partial charge is 0.193 e. The molecule has 0 atom stereocenters. The minimum Gasteiger partial charge on any atom is -0.289 e. The van der Waals surface area contributed by atoms with Gasteiger partial charge in [-0.25, -0.2) is 9.97 Å². The first kappa shape index (κ1) is 31.7. The zero-order chi connectivity index (χ0) is 35.8. The second-order valence-electron chi connectivity index (χ2n) is 13.2. The molecule has 1 aromatic heterocycles. The molecule has 0 bridgehead atoms. The minimum absolute atomic E-state index is 0.0366. The molecule has 0 fully saturated rings. The van der Waals surface area contributed by atoms with Gasteiger partial charge in [0.25, 0.3) is 0 Å². The van der Waals surface area contributed by atoms with Gasteiger partial charge in [-0.1, -0.05) is 176 Å². The first-order valence-electron chi connectivity index (χ1n) is 17.6. The first-order chi connectivity index (χ1) is 26.2. The van der Waals surface area contributed by atoms with E-state index in [2.05, 4.69) is 78.9 Å². The van der Waals surface area contributed by atoms with Crippen LogP contribution in [0.4, 0.5) is 0 Å². The largest absolute Gasteiger partial charge is 0.289 e. The lowest BCUT2D eigenvalue weighted by molar-refractivity contribution is 0.103. The molecular weight excluding hydrogens is 647 g/mol. The molecule has 0 aliphatic heterocycles. The van der Waals surface area contributed by atoms with E-state index in [9.17, 15) is 10.1 Å². The predicted molar refractivity (Wildman–Crippen MR) is 210 cm³/mol. The summed E-state index contributed by atoms with van der Waals surface area (Å²) >= 11 is 0. The molecule has 0 N–H and O–H groups in total. The summed E-state index contributed by atoms with van der Waals surface area (Å²) in [6.45, 7) is 0. The molecule has 53 heavy (non-hydrogen) atoms. The highest BCUT2D eigenvalue weighted by atomic mass is 16.1. The lowest BCUT2D eigenvalue weighted by Crippen LogP contribution is -2.38. The number of nitrogens with zero attached hydrogens (tertiary/aromatic N) is 3. The Kier molecular flexibility index (Phi) is 7.88. The average molecular weight is 678 g/mol. The van der Waals surface area contributed by atoms with E-state index in [4.69, 9.17) is 9.97 Å². The van der Waals surface area contributed by atoms with Gasteiger partial charge < -0.3 is 0 Å². The molecule has 0 amide bonds. The third-order valence-corrected chi connectivity index (χ3v) is 10.2. The minimum atomic E-state index is -0.744. The number of carbonyl (C=O) groups is 1. The number of hydrogen-bond acceptors (Lipinski definition) is 4. The van der Waals surface area contributed by atoms with Crippen LogP contribution in [-0.2, 0) is 5.41 Å². The van der Waals surface area contributed by atoms with Gasteiger partial charge in [0.05, 0.1) is 16.8 Å². The van der Waals surface area contributed by atoms with Crippen LogP contribution < -0.4 is 0 Å².